The molecule has 0 fully saturated rings. The highest BCUT2D eigenvalue weighted by Gasteiger charge is 2.09. The summed E-state index contributed by atoms with van der Waals surface area (Å²) in [6.45, 7) is 0. The Morgan fingerprint density at radius 3 is 2.91 bits per heavy atom. The molecule has 0 saturated heterocycles. The molecule has 0 spiro atoms. The van der Waals surface area contributed by atoms with Gasteiger partial charge in [0, 0.05) is 7.05 Å². The molecule has 0 aliphatic carbocycles. The summed E-state index contributed by atoms with van der Waals surface area (Å²) in [5, 5.41) is 8.73. The molecule has 60 valence electrons. The van der Waals surface area contributed by atoms with Gasteiger partial charge in [0.25, 0.3) is 0 Å². The lowest BCUT2D eigenvalue weighted by molar-refractivity contribution is 0.0587. The number of anilines is 1. The number of aromatic amines is 1. The SMILES string of the molecule is CNc1n[nH]c(C(=O)OC)n1. The van der Waals surface area contributed by atoms with Crippen molar-refractivity contribution in [2.24, 2.45) is 0 Å². The molecule has 0 aliphatic heterocycles. The number of aromatic nitrogens is 3. The minimum atomic E-state index is -0.529. The summed E-state index contributed by atoms with van der Waals surface area (Å²) in [4.78, 5) is 14.5. The fraction of sp³-hybridized carbons (Fsp3) is 0.400. The van der Waals surface area contributed by atoms with Crippen LogP contribution in [-0.4, -0.2) is 35.3 Å². The number of H-pyrrole nitrogens is 1. The van der Waals surface area contributed by atoms with Crippen LogP contribution in [0.1, 0.15) is 10.6 Å². The second-order valence-electron chi connectivity index (χ2n) is 1.75. The van der Waals surface area contributed by atoms with Gasteiger partial charge in [0.2, 0.25) is 11.8 Å². The van der Waals surface area contributed by atoms with Crippen LogP contribution >= 0.6 is 0 Å². The van der Waals surface area contributed by atoms with Crippen LogP contribution in [-0.2, 0) is 4.74 Å². The van der Waals surface area contributed by atoms with Crippen molar-refractivity contribution in [1.29, 1.82) is 0 Å². The molecule has 0 bridgehead atoms. The Bertz CT molecular complexity index is 257. The summed E-state index contributed by atoms with van der Waals surface area (Å²) in [7, 11) is 2.94. The molecule has 0 atom stereocenters. The van der Waals surface area contributed by atoms with E-state index in [0.717, 1.165) is 0 Å². The molecule has 2 N–H and O–H groups in total. The Kier molecular flexibility index (Phi) is 2.05. The fourth-order valence-electron chi connectivity index (χ4n) is 0.562. The lowest BCUT2D eigenvalue weighted by Gasteiger charge is -1.89. The quantitative estimate of drug-likeness (QED) is 0.571. The summed E-state index contributed by atoms with van der Waals surface area (Å²) >= 11 is 0. The summed E-state index contributed by atoms with van der Waals surface area (Å²) in [5.74, 6) is -0.0683. The molecular formula is C5H8N4O2. The third-order valence-electron chi connectivity index (χ3n) is 1.09. The van der Waals surface area contributed by atoms with Gasteiger partial charge in [0.15, 0.2) is 0 Å². The number of nitrogens with one attached hydrogen (secondary N) is 2. The van der Waals surface area contributed by atoms with Gasteiger partial charge in [-0.15, -0.1) is 5.10 Å². The Morgan fingerprint density at radius 2 is 2.45 bits per heavy atom. The molecule has 0 saturated carbocycles. The molecule has 0 radical (unpaired) electrons. The van der Waals surface area contributed by atoms with Gasteiger partial charge in [0.1, 0.15) is 0 Å². The van der Waals surface area contributed by atoms with Crippen molar-refractivity contribution >= 4 is 11.9 Å². The van der Waals surface area contributed by atoms with Crippen molar-refractivity contribution in [1.82, 2.24) is 15.2 Å². The van der Waals surface area contributed by atoms with E-state index in [-0.39, 0.29) is 5.82 Å². The van der Waals surface area contributed by atoms with Crippen LogP contribution in [0.15, 0.2) is 0 Å². The number of hydrogen-bond acceptors (Lipinski definition) is 5. The van der Waals surface area contributed by atoms with E-state index in [9.17, 15) is 4.79 Å². The molecule has 0 amide bonds. The highest BCUT2D eigenvalue weighted by atomic mass is 16.5. The molecule has 1 aromatic heterocycles. The van der Waals surface area contributed by atoms with E-state index >= 15 is 0 Å². The van der Waals surface area contributed by atoms with Crippen molar-refractivity contribution in [3.63, 3.8) is 0 Å². The van der Waals surface area contributed by atoms with E-state index in [2.05, 4.69) is 25.2 Å². The van der Waals surface area contributed by atoms with Gasteiger partial charge < -0.3 is 10.1 Å². The van der Waals surface area contributed by atoms with E-state index in [4.69, 9.17) is 0 Å². The van der Waals surface area contributed by atoms with Crippen LogP contribution in [0.25, 0.3) is 0 Å². The molecule has 1 aromatic rings. The standard InChI is InChI=1S/C5H8N4O2/c1-6-5-7-3(8-9-5)4(10)11-2/h1-2H3,(H2,6,7,8,9). The van der Waals surface area contributed by atoms with Crippen LogP contribution in [0.3, 0.4) is 0 Å². The van der Waals surface area contributed by atoms with Crippen LogP contribution in [0, 0.1) is 0 Å². The number of hydrogen-bond donors (Lipinski definition) is 2. The van der Waals surface area contributed by atoms with Gasteiger partial charge in [-0.1, -0.05) is 0 Å². The maximum Gasteiger partial charge on any atom is 0.375 e. The maximum atomic E-state index is 10.8. The largest absolute Gasteiger partial charge is 0.463 e. The first-order valence-electron chi connectivity index (χ1n) is 2.96. The topological polar surface area (TPSA) is 79.9 Å². The van der Waals surface area contributed by atoms with Crippen molar-refractivity contribution < 1.29 is 9.53 Å². The van der Waals surface area contributed by atoms with Crippen LogP contribution < -0.4 is 5.32 Å². The van der Waals surface area contributed by atoms with Gasteiger partial charge in [-0.05, 0) is 0 Å². The normalized spacial score (nSPS) is 9.27. The molecule has 11 heavy (non-hydrogen) atoms. The molecule has 1 heterocycles. The van der Waals surface area contributed by atoms with E-state index in [1.165, 1.54) is 7.11 Å². The number of carbonyl (C=O) groups excluding carboxylic acids is 1. The number of nitrogens with zero attached hydrogens (tertiary/aromatic N) is 2. The van der Waals surface area contributed by atoms with Gasteiger partial charge in [-0.3, -0.25) is 5.10 Å². The predicted octanol–water partition coefficient (Wildman–Crippen LogP) is -0.367. The first-order valence-corrected chi connectivity index (χ1v) is 2.96. The van der Waals surface area contributed by atoms with E-state index in [1.54, 1.807) is 7.05 Å². The molecule has 0 unspecified atom stereocenters. The van der Waals surface area contributed by atoms with E-state index in [1.807, 2.05) is 0 Å². The lowest BCUT2D eigenvalue weighted by atomic mass is 10.6. The predicted molar refractivity (Wildman–Crippen MR) is 37.3 cm³/mol. The van der Waals surface area contributed by atoms with E-state index < -0.39 is 5.97 Å². The first kappa shape index (κ1) is 7.52. The Labute approximate surface area is 63.0 Å². The van der Waals surface area contributed by atoms with Gasteiger partial charge in [-0.2, -0.15) is 4.98 Å². The van der Waals surface area contributed by atoms with Crippen LogP contribution in [0.4, 0.5) is 5.95 Å². The smallest absolute Gasteiger partial charge is 0.375 e. The van der Waals surface area contributed by atoms with Gasteiger partial charge in [-0.25, -0.2) is 4.79 Å². The van der Waals surface area contributed by atoms with E-state index in [0.29, 0.717) is 5.95 Å². The Balaban J connectivity index is 2.80. The molecule has 1 rings (SSSR count). The monoisotopic (exact) mass is 156 g/mol. The number of esters is 1. The van der Waals surface area contributed by atoms with Crippen LogP contribution in [0.5, 0.6) is 0 Å². The molecule has 0 aromatic carbocycles. The number of carbonyl (C=O) groups is 1. The summed E-state index contributed by atoms with van der Waals surface area (Å²) < 4.78 is 4.39. The number of methoxy groups -OCH3 is 1. The van der Waals surface area contributed by atoms with Gasteiger partial charge >= 0.3 is 5.97 Å². The summed E-state index contributed by atoms with van der Waals surface area (Å²) in [6, 6.07) is 0. The highest BCUT2D eigenvalue weighted by Crippen LogP contribution is 1.97. The molecule has 6 nitrogen and oxygen atoms in total. The number of rotatable bonds is 2. The fourth-order valence-corrected chi connectivity index (χ4v) is 0.562. The molecule has 0 aliphatic rings. The maximum absolute atomic E-state index is 10.8. The van der Waals surface area contributed by atoms with Crippen molar-refractivity contribution in [3.8, 4) is 0 Å². The zero-order valence-electron chi connectivity index (χ0n) is 6.21. The lowest BCUT2D eigenvalue weighted by Crippen LogP contribution is -2.03. The van der Waals surface area contributed by atoms with Crippen molar-refractivity contribution in [3.05, 3.63) is 5.82 Å². The minimum Gasteiger partial charge on any atom is -0.463 e. The average molecular weight is 156 g/mol. The average Bonchev–Trinajstić information content (AvgIpc) is 2.50. The molecular weight excluding hydrogens is 148 g/mol. The second kappa shape index (κ2) is 3.00. The third kappa shape index (κ3) is 1.46. The van der Waals surface area contributed by atoms with Crippen molar-refractivity contribution in [2.75, 3.05) is 19.5 Å². The van der Waals surface area contributed by atoms with Crippen molar-refractivity contribution in [2.45, 2.75) is 0 Å². The Morgan fingerprint density at radius 1 is 1.73 bits per heavy atom. The number of ether oxygens (including phenoxy) is 1. The zero-order chi connectivity index (χ0) is 8.27. The second-order valence-corrected chi connectivity index (χ2v) is 1.75. The highest BCUT2D eigenvalue weighted by molar-refractivity contribution is 5.85. The summed E-state index contributed by atoms with van der Waals surface area (Å²) in [6.07, 6.45) is 0. The Hall–Kier alpha value is -1.59. The first-order chi connectivity index (χ1) is 5.27. The summed E-state index contributed by atoms with van der Waals surface area (Å²) in [5.41, 5.74) is 0. The molecule has 6 heteroatoms. The van der Waals surface area contributed by atoms with Gasteiger partial charge in [0.05, 0.1) is 7.11 Å². The third-order valence-corrected chi connectivity index (χ3v) is 1.09. The minimum absolute atomic E-state index is 0.0943. The zero-order valence-corrected chi connectivity index (χ0v) is 6.21. The van der Waals surface area contributed by atoms with Crippen LogP contribution in [0.2, 0.25) is 0 Å².